The first kappa shape index (κ1) is 23.0. The average Bonchev–Trinajstić information content (AvgIpc) is 3.27. The molecule has 1 saturated carbocycles. The summed E-state index contributed by atoms with van der Waals surface area (Å²) in [5.74, 6) is -0.122. The second-order valence-electron chi connectivity index (χ2n) is 9.78. The van der Waals surface area contributed by atoms with Crippen molar-refractivity contribution >= 4 is 29.6 Å². The molecule has 2 aliphatic carbocycles. The predicted octanol–water partition coefficient (Wildman–Crippen LogP) is 4.22. The summed E-state index contributed by atoms with van der Waals surface area (Å²) in [4.78, 5) is 42.3. The van der Waals surface area contributed by atoms with Crippen molar-refractivity contribution in [2.45, 2.75) is 62.0 Å². The molecule has 178 valence electrons. The smallest absolute Gasteiger partial charge is 0.322 e. The van der Waals surface area contributed by atoms with Crippen LogP contribution in [0.25, 0.3) is 0 Å². The number of benzene rings is 2. The molecule has 1 unspecified atom stereocenters. The summed E-state index contributed by atoms with van der Waals surface area (Å²) in [6, 6.07) is 15.7. The minimum atomic E-state index is -1.17. The van der Waals surface area contributed by atoms with Crippen LogP contribution in [0.5, 0.6) is 0 Å². The van der Waals surface area contributed by atoms with E-state index in [1.165, 1.54) is 11.3 Å². The first-order chi connectivity index (χ1) is 16.4. The molecule has 1 saturated heterocycles. The second-order valence-corrected chi connectivity index (χ2v) is 10.7. The summed E-state index contributed by atoms with van der Waals surface area (Å²) < 4.78 is 0. The number of nitrogens with one attached hydrogen (secondary N) is 2. The lowest BCUT2D eigenvalue weighted by Gasteiger charge is -2.40. The average molecular weight is 478 g/mol. The zero-order valence-corrected chi connectivity index (χ0v) is 20.5. The molecule has 3 aliphatic rings. The topological polar surface area (TPSA) is 78.5 Å². The van der Waals surface area contributed by atoms with E-state index in [9.17, 15) is 14.4 Å². The number of rotatable bonds is 7. The Labute approximate surface area is 204 Å². The highest BCUT2D eigenvalue weighted by atomic mass is 32.2. The van der Waals surface area contributed by atoms with Crippen LogP contribution in [0.15, 0.2) is 53.4 Å². The summed E-state index contributed by atoms with van der Waals surface area (Å²) in [6.45, 7) is 2.71. The van der Waals surface area contributed by atoms with Gasteiger partial charge in [-0.3, -0.25) is 14.9 Å². The zero-order chi connectivity index (χ0) is 23.9. The maximum Gasteiger partial charge on any atom is 0.322 e. The molecule has 7 heteroatoms. The van der Waals surface area contributed by atoms with Gasteiger partial charge in [0.05, 0.1) is 0 Å². The standard InChI is InChI=1S/C27H31N3O3S/c1-17(19-7-5-8-19)30(16-18-10-12-22(34-2)13-11-18)24(31)15-21-14-20-6-3-4-9-23(20)27(21)25(32)28-26(33)29-27/h3-4,6,9-13,17,19,21H,5,7-8,14-16H2,1-2H3,(H2,28,29,32,33)/t17-,21?,27-/m0/s1. The Kier molecular flexibility index (Phi) is 6.15. The monoisotopic (exact) mass is 477 g/mol. The fourth-order valence-electron chi connectivity index (χ4n) is 5.78. The molecule has 2 aromatic carbocycles. The molecule has 34 heavy (non-hydrogen) atoms. The second kappa shape index (κ2) is 9.10. The molecule has 1 spiro atoms. The molecule has 1 heterocycles. The number of fused-ring (bicyclic) bond motifs is 2. The van der Waals surface area contributed by atoms with Crippen LogP contribution in [-0.4, -0.2) is 35.0 Å². The summed E-state index contributed by atoms with van der Waals surface area (Å²) in [5, 5.41) is 5.31. The molecule has 3 atom stereocenters. The molecule has 2 aromatic rings. The fourth-order valence-corrected chi connectivity index (χ4v) is 6.19. The Balaban J connectivity index is 1.42. The van der Waals surface area contributed by atoms with Gasteiger partial charge in [0.2, 0.25) is 5.91 Å². The third-order valence-corrected chi connectivity index (χ3v) is 8.74. The van der Waals surface area contributed by atoms with Gasteiger partial charge in [-0.1, -0.05) is 42.8 Å². The van der Waals surface area contributed by atoms with E-state index in [1.807, 2.05) is 29.2 Å². The highest BCUT2D eigenvalue weighted by molar-refractivity contribution is 7.98. The van der Waals surface area contributed by atoms with Gasteiger partial charge in [0.15, 0.2) is 5.54 Å². The van der Waals surface area contributed by atoms with Crippen LogP contribution in [0.3, 0.4) is 0 Å². The van der Waals surface area contributed by atoms with Crippen molar-refractivity contribution in [3.8, 4) is 0 Å². The summed E-state index contributed by atoms with van der Waals surface area (Å²) in [7, 11) is 0. The number of amides is 4. The van der Waals surface area contributed by atoms with E-state index in [0.29, 0.717) is 18.9 Å². The number of hydrogen-bond acceptors (Lipinski definition) is 4. The first-order valence-corrected chi connectivity index (χ1v) is 13.3. The van der Waals surface area contributed by atoms with Gasteiger partial charge >= 0.3 is 6.03 Å². The molecule has 1 aliphatic heterocycles. The number of nitrogens with zero attached hydrogens (tertiary/aromatic N) is 1. The maximum absolute atomic E-state index is 13.9. The molecule has 4 amide bonds. The van der Waals surface area contributed by atoms with Gasteiger partial charge in [0.1, 0.15) is 0 Å². The van der Waals surface area contributed by atoms with Gasteiger partial charge in [-0.15, -0.1) is 11.8 Å². The zero-order valence-electron chi connectivity index (χ0n) is 19.7. The Morgan fingerprint density at radius 1 is 1.15 bits per heavy atom. The highest BCUT2D eigenvalue weighted by Gasteiger charge is 2.58. The van der Waals surface area contributed by atoms with Crippen molar-refractivity contribution in [3.63, 3.8) is 0 Å². The molecule has 0 radical (unpaired) electrons. The van der Waals surface area contributed by atoms with Crippen molar-refractivity contribution in [2.24, 2.45) is 11.8 Å². The quantitative estimate of drug-likeness (QED) is 0.462. The van der Waals surface area contributed by atoms with E-state index in [1.54, 1.807) is 11.8 Å². The van der Waals surface area contributed by atoms with Crippen LogP contribution >= 0.6 is 11.8 Å². The molecule has 2 fully saturated rings. The van der Waals surface area contributed by atoms with E-state index in [2.05, 4.69) is 48.1 Å². The van der Waals surface area contributed by atoms with Crippen LogP contribution in [0.4, 0.5) is 4.79 Å². The van der Waals surface area contributed by atoms with E-state index in [0.717, 1.165) is 29.5 Å². The molecular weight excluding hydrogens is 446 g/mol. The maximum atomic E-state index is 13.9. The van der Waals surface area contributed by atoms with Gasteiger partial charge in [0, 0.05) is 29.8 Å². The van der Waals surface area contributed by atoms with Gasteiger partial charge in [-0.25, -0.2) is 4.79 Å². The van der Waals surface area contributed by atoms with Crippen molar-refractivity contribution in [1.29, 1.82) is 0 Å². The summed E-state index contributed by atoms with van der Waals surface area (Å²) >= 11 is 1.70. The van der Waals surface area contributed by atoms with Crippen LogP contribution in [0, 0.1) is 11.8 Å². The van der Waals surface area contributed by atoms with Gasteiger partial charge in [-0.2, -0.15) is 0 Å². The molecule has 6 nitrogen and oxygen atoms in total. The Bertz CT molecular complexity index is 1110. The van der Waals surface area contributed by atoms with Gasteiger partial charge in [0.25, 0.3) is 5.91 Å². The fraction of sp³-hybridized carbons (Fsp3) is 0.444. The molecule has 2 N–H and O–H groups in total. The Morgan fingerprint density at radius 3 is 2.50 bits per heavy atom. The van der Waals surface area contributed by atoms with E-state index in [-0.39, 0.29) is 30.2 Å². The lowest BCUT2D eigenvalue weighted by Crippen LogP contribution is -2.50. The van der Waals surface area contributed by atoms with Gasteiger partial charge < -0.3 is 10.2 Å². The highest BCUT2D eigenvalue weighted by Crippen LogP contribution is 2.45. The largest absolute Gasteiger partial charge is 0.335 e. The third kappa shape index (κ3) is 3.90. The number of carbonyl (C=O) groups excluding carboxylic acids is 3. The van der Waals surface area contributed by atoms with Crippen LogP contribution < -0.4 is 10.6 Å². The third-order valence-electron chi connectivity index (χ3n) is 7.99. The van der Waals surface area contributed by atoms with E-state index in [4.69, 9.17) is 0 Å². The van der Waals surface area contributed by atoms with Crippen molar-refractivity contribution in [1.82, 2.24) is 15.5 Å². The van der Waals surface area contributed by atoms with Crippen molar-refractivity contribution < 1.29 is 14.4 Å². The predicted molar refractivity (Wildman–Crippen MR) is 132 cm³/mol. The molecule has 0 bridgehead atoms. The lowest BCUT2D eigenvalue weighted by atomic mass is 9.78. The summed E-state index contributed by atoms with van der Waals surface area (Å²) in [6.07, 6.45) is 6.36. The SMILES string of the molecule is CSc1ccc(CN(C(=O)CC2Cc3ccccc3[C@@]23NC(=O)NC3=O)[C@@H](C)C2CCC2)cc1. The molecule has 0 aromatic heterocycles. The van der Waals surface area contributed by atoms with E-state index < -0.39 is 11.6 Å². The van der Waals surface area contributed by atoms with Crippen molar-refractivity contribution in [2.75, 3.05) is 6.26 Å². The van der Waals surface area contributed by atoms with Gasteiger partial charge in [-0.05, 0) is 67.2 Å². The first-order valence-electron chi connectivity index (χ1n) is 12.1. The van der Waals surface area contributed by atoms with Crippen LogP contribution in [-0.2, 0) is 28.1 Å². The minimum Gasteiger partial charge on any atom is -0.335 e. The number of imide groups is 1. The Hall–Kier alpha value is -2.80. The van der Waals surface area contributed by atoms with Crippen LogP contribution in [0.2, 0.25) is 0 Å². The van der Waals surface area contributed by atoms with Crippen LogP contribution in [0.1, 0.15) is 49.3 Å². The number of hydrogen-bond donors (Lipinski definition) is 2. The van der Waals surface area contributed by atoms with Crippen molar-refractivity contribution in [3.05, 3.63) is 65.2 Å². The number of carbonyl (C=O) groups is 3. The normalized spacial score (nSPS) is 24.4. The number of urea groups is 1. The molecular formula is C27H31N3O3S. The molecule has 5 rings (SSSR count). The minimum absolute atomic E-state index is 0.0412. The summed E-state index contributed by atoms with van der Waals surface area (Å²) in [5.41, 5.74) is 1.76. The Morgan fingerprint density at radius 2 is 1.88 bits per heavy atom. The number of thioether (sulfide) groups is 1. The van der Waals surface area contributed by atoms with E-state index >= 15 is 0 Å². The lowest BCUT2D eigenvalue weighted by molar-refractivity contribution is -0.138.